The number of carbonyl (C=O) groups excluding carboxylic acids is 1. The number of nitrogens with zero attached hydrogens (tertiary/aromatic N) is 4. The molecule has 0 saturated carbocycles. The van der Waals surface area contributed by atoms with Gasteiger partial charge in [0.1, 0.15) is 18.6 Å². The van der Waals surface area contributed by atoms with Crippen molar-refractivity contribution in [3.63, 3.8) is 0 Å². The molecule has 1 amide bonds. The second kappa shape index (κ2) is 7.42. The number of aromatic nitrogens is 3. The molecule has 1 atom stereocenters. The van der Waals surface area contributed by atoms with Crippen LogP contribution in [0, 0.1) is 5.92 Å². The summed E-state index contributed by atoms with van der Waals surface area (Å²) in [6, 6.07) is 8.00. The predicted octanol–water partition coefficient (Wildman–Crippen LogP) is 0.233. The van der Waals surface area contributed by atoms with Crippen LogP contribution in [0.2, 0.25) is 0 Å². The van der Waals surface area contributed by atoms with Crippen molar-refractivity contribution in [2.75, 3.05) is 31.6 Å². The number of rotatable bonds is 6. The number of carbonyl (C=O) groups is 1. The largest absolute Gasteiger partial charge is 0.497 e. The van der Waals surface area contributed by atoms with E-state index < -0.39 is 0 Å². The van der Waals surface area contributed by atoms with Gasteiger partial charge in [-0.25, -0.2) is 9.48 Å². The Kier molecular flexibility index (Phi) is 5.06. The monoisotopic (exact) mass is 345 g/mol. The van der Waals surface area contributed by atoms with E-state index in [0.717, 1.165) is 35.6 Å². The zero-order chi connectivity index (χ0) is 17.8. The molecule has 0 spiro atoms. The average Bonchev–Trinajstić information content (AvgIpc) is 3.22. The molecule has 1 aliphatic rings. The Bertz CT molecular complexity index is 798. The summed E-state index contributed by atoms with van der Waals surface area (Å²) < 4.78 is 7.77. The Balaban J connectivity index is 1.49. The fraction of sp³-hybridized carbons (Fsp3) is 0.471. The van der Waals surface area contributed by atoms with Gasteiger partial charge >= 0.3 is 5.69 Å². The summed E-state index contributed by atoms with van der Waals surface area (Å²) in [6.07, 6.45) is 2.42. The Hall–Kier alpha value is -2.77. The molecule has 0 radical (unpaired) electrons. The summed E-state index contributed by atoms with van der Waals surface area (Å²) >= 11 is 0. The second-order valence-corrected chi connectivity index (χ2v) is 6.29. The first-order valence-corrected chi connectivity index (χ1v) is 8.31. The molecule has 0 bridgehead atoms. The summed E-state index contributed by atoms with van der Waals surface area (Å²) in [7, 11) is 3.27. The molecule has 1 aliphatic heterocycles. The van der Waals surface area contributed by atoms with E-state index in [9.17, 15) is 9.59 Å². The van der Waals surface area contributed by atoms with E-state index in [2.05, 4.69) is 21.4 Å². The topological polar surface area (TPSA) is 81.4 Å². The van der Waals surface area contributed by atoms with Crippen molar-refractivity contribution < 1.29 is 9.53 Å². The molecule has 1 aromatic heterocycles. The highest BCUT2D eigenvalue weighted by molar-refractivity contribution is 5.75. The summed E-state index contributed by atoms with van der Waals surface area (Å²) in [5.41, 5.74) is 0.841. The Labute approximate surface area is 146 Å². The maximum Gasteiger partial charge on any atom is 0.345 e. The van der Waals surface area contributed by atoms with Crippen LogP contribution in [0.4, 0.5) is 5.69 Å². The zero-order valence-electron chi connectivity index (χ0n) is 14.5. The van der Waals surface area contributed by atoms with E-state index in [1.165, 1.54) is 10.9 Å². The number of methoxy groups -OCH3 is 1. The SMILES string of the molecule is COc1cccc(N2CC[C@@H](CNC(=O)Cn3ncn(C)c3=O)C2)c1. The predicted molar refractivity (Wildman–Crippen MR) is 93.8 cm³/mol. The van der Waals surface area contributed by atoms with E-state index in [4.69, 9.17) is 4.74 Å². The third-order valence-electron chi connectivity index (χ3n) is 4.47. The van der Waals surface area contributed by atoms with Crippen LogP contribution < -0.4 is 20.6 Å². The molecule has 0 unspecified atom stereocenters. The van der Waals surface area contributed by atoms with Crippen LogP contribution in [-0.4, -0.2) is 47.0 Å². The van der Waals surface area contributed by atoms with Crippen molar-refractivity contribution in [3.8, 4) is 5.75 Å². The van der Waals surface area contributed by atoms with Gasteiger partial charge < -0.3 is 15.0 Å². The number of ether oxygens (including phenoxy) is 1. The molecule has 1 aromatic carbocycles. The maximum absolute atomic E-state index is 12.0. The van der Waals surface area contributed by atoms with Crippen molar-refractivity contribution in [1.29, 1.82) is 0 Å². The maximum atomic E-state index is 12.0. The van der Waals surface area contributed by atoms with Crippen molar-refractivity contribution in [3.05, 3.63) is 41.1 Å². The molecule has 134 valence electrons. The fourth-order valence-electron chi connectivity index (χ4n) is 3.02. The summed E-state index contributed by atoms with van der Waals surface area (Å²) in [5.74, 6) is 1.03. The van der Waals surface area contributed by atoms with Crippen molar-refractivity contribution >= 4 is 11.6 Å². The Morgan fingerprint density at radius 1 is 1.44 bits per heavy atom. The summed E-state index contributed by atoms with van der Waals surface area (Å²) in [4.78, 5) is 26.0. The van der Waals surface area contributed by atoms with Crippen molar-refractivity contribution in [2.45, 2.75) is 13.0 Å². The quantitative estimate of drug-likeness (QED) is 0.811. The standard InChI is InChI=1S/C17H23N5O3/c1-20-12-19-22(17(20)24)11-16(23)18-9-13-6-7-21(10-13)14-4-3-5-15(8-14)25-2/h3-5,8,12-13H,6-7,9-11H2,1-2H3,(H,18,23)/t13-/m0/s1. The van der Waals surface area contributed by atoms with Gasteiger partial charge in [-0.1, -0.05) is 6.07 Å². The van der Waals surface area contributed by atoms with Crippen molar-refractivity contribution in [2.24, 2.45) is 13.0 Å². The molecule has 25 heavy (non-hydrogen) atoms. The average molecular weight is 345 g/mol. The number of hydrogen-bond acceptors (Lipinski definition) is 5. The van der Waals surface area contributed by atoms with Gasteiger partial charge in [-0.2, -0.15) is 5.10 Å². The molecule has 2 aromatic rings. The van der Waals surface area contributed by atoms with Crippen LogP contribution in [0.5, 0.6) is 5.75 Å². The molecule has 1 fully saturated rings. The lowest BCUT2D eigenvalue weighted by Gasteiger charge is -2.19. The number of anilines is 1. The second-order valence-electron chi connectivity index (χ2n) is 6.29. The minimum absolute atomic E-state index is 0.0496. The third kappa shape index (κ3) is 4.01. The lowest BCUT2D eigenvalue weighted by molar-refractivity contribution is -0.122. The number of benzene rings is 1. The molecule has 2 heterocycles. The highest BCUT2D eigenvalue weighted by atomic mass is 16.5. The van der Waals surface area contributed by atoms with E-state index in [1.54, 1.807) is 14.2 Å². The van der Waals surface area contributed by atoms with Crippen LogP contribution in [0.25, 0.3) is 0 Å². The molecule has 0 aliphatic carbocycles. The van der Waals surface area contributed by atoms with Crippen LogP contribution in [0.1, 0.15) is 6.42 Å². The Morgan fingerprint density at radius 2 is 2.28 bits per heavy atom. The smallest absolute Gasteiger partial charge is 0.345 e. The first-order chi connectivity index (χ1) is 12.1. The highest BCUT2D eigenvalue weighted by Crippen LogP contribution is 2.26. The molecular formula is C17H23N5O3. The summed E-state index contributed by atoms with van der Waals surface area (Å²) in [6.45, 7) is 2.39. The first-order valence-electron chi connectivity index (χ1n) is 8.31. The van der Waals surface area contributed by atoms with Crippen LogP contribution in [-0.2, 0) is 18.4 Å². The number of amides is 1. The fourth-order valence-corrected chi connectivity index (χ4v) is 3.02. The van der Waals surface area contributed by atoms with Gasteiger partial charge in [0.25, 0.3) is 0 Å². The molecule has 8 heteroatoms. The van der Waals surface area contributed by atoms with Crippen LogP contribution in [0.15, 0.2) is 35.4 Å². The molecule has 1 N–H and O–H groups in total. The molecule has 3 rings (SSSR count). The number of aryl methyl sites for hydroxylation is 1. The van der Waals surface area contributed by atoms with Gasteiger partial charge in [0.2, 0.25) is 5.91 Å². The lowest BCUT2D eigenvalue weighted by atomic mass is 10.1. The van der Waals surface area contributed by atoms with Gasteiger partial charge in [-0.15, -0.1) is 0 Å². The highest BCUT2D eigenvalue weighted by Gasteiger charge is 2.23. The minimum atomic E-state index is -0.291. The van der Waals surface area contributed by atoms with Crippen molar-refractivity contribution in [1.82, 2.24) is 19.7 Å². The van der Waals surface area contributed by atoms with E-state index in [0.29, 0.717) is 12.5 Å². The lowest BCUT2D eigenvalue weighted by Crippen LogP contribution is -2.36. The van der Waals surface area contributed by atoms with E-state index in [-0.39, 0.29) is 18.1 Å². The van der Waals surface area contributed by atoms with E-state index in [1.807, 2.05) is 18.2 Å². The van der Waals surface area contributed by atoms with Gasteiger partial charge in [-0.3, -0.25) is 9.36 Å². The molecule has 8 nitrogen and oxygen atoms in total. The summed E-state index contributed by atoms with van der Waals surface area (Å²) in [5, 5.41) is 6.79. The minimum Gasteiger partial charge on any atom is -0.497 e. The van der Waals surface area contributed by atoms with E-state index >= 15 is 0 Å². The van der Waals surface area contributed by atoms with Gasteiger partial charge in [0.05, 0.1) is 7.11 Å². The molecule has 1 saturated heterocycles. The first kappa shape index (κ1) is 17.1. The third-order valence-corrected chi connectivity index (χ3v) is 4.47. The van der Waals surface area contributed by atoms with Gasteiger partial charge in [0.15, 0.2) is 0 Å². The molecular weight excluding hydrogens is 322 g/mol. The van der Waals surface area contributed by atoms with Crippen LogP contribution in [0.3, 0.4) is 0 Å². The number of hydrogen-bond donors (Lipinski definition) is 1. The normalized spacial score (nSPS) is 16.9. The van der Waals surface area contributed by atoms with Gasteiger partial charge in [0, 0.05) is 38.4 Å². The Morgan fingerprint density at radius 3 is 3.00 bits per heavy atom. The number of nitrogens with one attached hydrogen (secondary N) is 1. The van der Waals surface area contributed by atoms with Gasteiger partial charge in [-0.05, 0) is 24.5 Å². The van der Waals surface area contributed by atoms with Crippen LogP contribution >= 0.6 is 0 Å². The zero-order valence-corrected chi connectivity index (χ0v) is 14.5.